The van der Waals surface area contributed by atoms with E-state index in [0.29, 0.717) is 0 Å². The zero-order chi connectivity index (χ0) is 10.1. The second-order valence-corrected chi connectivity index (χ2v) is 4.35. The fourth-order valence-electron chi connectivity index (χ4n) is 2.68. The average Bonchev–Trinajstić information content (AvgIpc) is 2.22. The summed E-state index contributed by atoms with van der Waals surface area (Å²) in [5.74, 6) is 0. The van der Waals surface area contributed by atoms with E-state index in [1.807, 2.05) is 0 Å². The zero-order valence-corrected chi connectivity index (χ0v) is 7.95. The summed E-state index contributed by atoms with van der Waals surface area (Å²) in [6, 6.07) is 0. The molecule has 0 amide bonds. The fourth-order valence-corrected chi connectivity index (χ4v) is 2.68. The van der Waals surface area contributed by atoms with Crippen LogP contribution in [0.15, 0.2) is 9.98 Å². The highest BCUT2D eigenvalue weighted by molar-refractivity contribution is 5.37. The minimum Gasteiger partial charge on any atom is -0.211 e. The Morgan fingerprint density at radius 2 is 1.00 bits per heavy atom. The van der Waals surface area contributed by atoms with Crippen molar-refractivity contribution >= 4 is 12.2 Å². The minimum atomic E-state index is -0.179. The lowest BCUT2D eigenvalue weighted by Gasteiger charge is -2.47. The van der Waals surface area contributed by atoms with Gasteiger partial charge >= 0.3 is 0 Å². The number of isocyanates is 2. The van der Waals surface area contributed by atoms with Gasteiger partial charge in [-0.25, -0.2) is 9.59 Å². The van der Waals surface area contributed by atoms with Crippen LogP contribution in [-0.2, 0) is 9.59 Å². The van der Waals surface area contributed by atoms with Crippen molar-refractivity contribution in [2.24, 2.45) is 9.98 Å². The highest BCUT2D eigenvalue weighted by atomic mass is 16.1. The molecule has 0 aromatic heterocycles. The van der Waals surface area contributed by atoms with Crippen molar-refractivity contribution < 1.29 is 9.59 Å². The van der Waals surface area contributed by atoms with Crippen LogP contribution in [0.25, 0.3) is 0 Å². The smallest absolute Gasteiger partial charge is 0.211 e. The number of rotatable bonds is 2. The maximum Gasteiger partial charge on any atom is 0.235 e. The van der Waals surface area contributed by atoms with Crippen molar-refractivity contribution in [3.8, 4) is 0 Å². The molecule has 0 saturated heterocycles. The van der Waals surface area contributed by atoms with Gasteiger partial charge in [0.05, 0.1) is 11.1 Å². The maximum absolute atomic E-state index is 10.3. The van der Waals surface area contributed by atoms with E-state index in [4.69, 9.17) is 0 Å². The molecule has 3 fully saturated rings. The van der Waals surface area contributed by atoms with Crippen LogP contribution in [0.2, 0.25) is 0 Å². The Morgan fingerprint density at radius 3 is 1.21 bits per heavy atom. The Bertz CT molecular complexity index is 280. The first-order chi connectivity index (χ1) is 6.74. The second-order valence-electron chi connectivity index (χ2n) is 4.35. The number of aliphatic imine (C=N–C) groups is 2. The van der Waals surface area contributed by atoms with E-state index in [0.717, 1.165) is 38.5 Å². The van der Waals surface area contributed by atoms with Crippen LogP contribution in [0, 0.1) is 0 Å². The Morgan fingerprint density at radius 1 is 0.714 bits per heavy atom. The molecule has 0 spiro atoms. The molecule has 14 heavy (non-hydrogen) atoms. The topological polar surface area (TPSA) is 58.9 Å². The molecule has 0 aliphatic heterocycles. The lowest BCUT2D eigenvalue weighted by Crippen LogP contribution is -2.47. The predicted octanol–water partition coefficient (Wildman–Crippen LogP) is 1.50. The molecule has 0 unspecified atom stereocenters. The van der Waals surface area contributed by atoms with Crippen LogP contribution in [0.4, 0.5) is 0 Å². The summed E-state index contributed by atoms with van der Waals surface area (Å²) in [5, 5.41) is 0. The van der Waals surface area contributed by atoms with Crippen LogP contribution in [0.1, 0.15) is 38.5 Å². The van der Waals surface area contributed by atoms with E-state index in [9.17, 15) is 9.59 Å². The molecule has 74 valence electrons. The third-order valence-electron chi connectivity index (χ3n) is 3.73. The average molecular weight is 192 g/mol. The Kier molecular flexibility index (Phi) is 2.10. The minimum absolute atomic E-state index is 0.179. The molecule has 4 nitrogen and oxygen atoms in total. The monoisotopic (exact) mass is 192 g/mol. The third-order valence-corrected chi connectivity index (χ3v) is 3.73. The van der Waals surface area contributed by atoms with E-state index in [2.05, 4.69) is 9.98 Å². The Balaban J connectivity index is 2.20. The van der Waals surface area contributed by atoms with Gasteiger partial charge in [0.15, 0.2) is 0 Å². The molecule has 3 rings (SSSR count). The standard InChI is InChI=1S/C10H12N2O2/c13-7-11-9-1-2-10(5-3-9,6-4-9)12-8-14/h1-6H2. The second kappa shape index (κ2) is 3.16. The van der Waals surface area contributed by atoms with E-state index in [1.54, 1.807) is 12.2 Å². The first-order valence-electron chi connectivity index (χ1n) is 4.92. The highest BCUT2D eigenvalue weighted by Crippen LogP contribution is 2.50. The molecule has 0 radical (unpaired) electrons. The molecule has 0 aromatic rings. The fraction of sp³-hybridized carbons (Fsp3) is 0.800. The molecule has 0 atom stereocenters. The Hall–Kier alpha value is -1.24. The summed E-state index contributed by atoms with van der Waals surface area (Å²) in [6.07, 6.45) is 8.46. The molecule has 3 saturated carbocycles. The van der Waals surface area contributed by atoms with E-state index < -0.39 is 0 Å². The number of hydrogen-bond donors (Lipinski definition) is 0. The molecule has 3 aliphatic carbocycles. The molecular formula is C10H12N2O2. The van der Waals surface area contributed by atoms with Crippen LogP contribution in [0.3, 0.4) is 0 Å². The van der Waals surface area contributed by atoms with Crippen molar-refractivity contribution in [3.63, 3.8) is 0 Å². The summed E-state index contributed by atoms with van der Waals surface area (Å²) in [6.45, 7) is 0. The zero-order valence-electron chi connectivity index (χ0n) is 7.95. The maximum atomic E-state index is 10.3. The largest absolute Gasteiger partial charge is 0.235 e. The quantitative estimate of drug-likeness (QED) is 0.491. The van der Waals surface area contributed by atoms with Gasteiger partial charge in [-0.3, -0.25) is 0 Å². The lowest BCUT2D eigenvalue weighted by atomic mass is 9.62. The van der Waals surface area contributed by atoms with Gasteiger partial charge in [0, 0.05) is 0 Å². The third kappa shape index (κ3) is 1.33. The van der Waals surface area contributed by atoms with Gasteiger partial charge < -0.3 is 0 Å². The van der Waals surface area contributed by atoms with Gasteiger partial charge in [-0.1, -0.05) is 0 Å². The molecule has 2 bridgehead atoms. The summed E-state index contributed by atoms with van der Waals surface area (Å²) in [4.78, 5) is 28.4. The van der Waals surface area contributed by atoms with Crippen molar-refractivity contribution in [2.75, 3.05) is 0 Å². The summed E-state index contributed by atoms with van der Waals surface area (Å²) < 4.78 is 0. The van der Waals surface area contributed by atoms with Crippen LogP contribution in [0.5, 0.6) is 0 Å². The molecule has 0 heterocycles. The van der Waals surface area contributed by atoms with Crippen molar-refractivity contribution in [2.45, 2.75) is 49.6 Å². The van der Waals surface area contributed by atoms with Gasteiger partial charge in [-0.2, -0.15) is 9.98 Å². The number of hydrogen-bond acceptors (Lipinski definition) is 4. The number of fused-ring (bicyclic) bond motifs is 3. The number of nitrogens with zero attached hydrogens (tertiary/aromatic N) is 2. The molecule has 3 aliphatic rings. The summed E-state index contributed by atoms with van der Waals surface area (Å²) >= 11 is 0. The lowest BCUT2D eigenvalue weighted by molar-refractivity contribution is 0.116. The highest BCUT2D eigenvalue weighted by Gasteiger charge is 2.49. The normalized spacial score (nSPS) is 39.7. The van der Waals surface area contributed by atoms with Crippen LogP contribution in [-0.4, -0.2) is 23.2 Å². The SMILES string of the molecule is O=C=NC12CCC(N=C=O)(CC1)CC2. The van der Waals surface area contributed by atoms with Crippen LogP contribution < -0.4 is 0 Å². The number of carbonyl (C=O) groups excluding carboxylic acids is 2. The van der Waals surface area contributed by atoms with Crippen molar-refractivity contribution in [3.05, 3.63) is 0 Å². The molecule has 0 N–H and O–H groups in total. The van der Waals surface area contributed by atoms with Crippen molar-refractivity contribution in [1.82, 2.24) is 0 Å². The first kappa shape index (κ1) is 9.32. The van der Waals surface area contributed by atoms with Crippen molar-refractivity contribution in [1.29, 1.82) is 0 Å². The Labute approximate surface area is 82.1 Å². The van der Waals surface area contributed by atoms with E-state index in [1.165, 1.54) is 0 Å². The van der Waals surface area contributed by atoms with E-state index >= 15 is 0 Å². The van der Waals surface area contributed by atoms with Gasteiger partial charge in [-0.05, 0) is 38.5 Å². The molecule has 4 heteroatoms. The first-order valence-corrected chi connectivity index (χ1v) is 4.92. The molecular weight excluding hydrogens is 180 g/mol. The predicted molar refractivity (Wildman–Crippen MR) is 49.4 cm³/mol. The van der Waals surface area contributed by atoms with Gasteiger partial charge in [0.25, 0.3) is 0 Å². The van der Waals surface area contributed by atoms with E-state index in [-0.39, 0.29) is 11.1 Å². The van der Waals surface area contributed by atoms with Crippen LogP contribution >= 0.6 is 0 Å². The summed E-state index contributed by atoms with van der Waals surface area (Å²) in [5.41, 5.74) is -0.357. The summed E-state index contributed by atoms with van der Waals surface area (Å²) in [7, 11) is 0. The van der Waals surface area contributed by atoms with Gasteiger partial charge in [0.2, 0.25) is 12.2 Å². The molecule has 0 aromatic carbocycles. The van der Waals surface area contributed by atoms with Gasteiger partial charge in [0.1, 0.15) is 0 Å². The van der Waals surface area contributed by atoms with Gasteiger partial charge in [-0.15, -0.1) is 0 Å².